The maximum atomic E-state index is 13.5. The van der Waals surface area contributed by atoms with Gasteiger partial charge in [-0.05, 0) is 50.1 Å². The zero-order valence-electron chi connectivity index (χ0n) is 17.1. The summed E-state index contributed by atoms with van der Waals surface area (Å²) in [6, 6.07) is 10.7. The topological polar surface area (TPSA) is 38.8 Å². The number of fused-ring (bicyclic) bond motifs is 3. The van der Waals surface area contributed by atoms with Crippen molar-refractivity contribution in [1.82, 2.24) is 4.90 Å². The van der Waals surface area contributed by atoms with Gasteiger partial charge in [0.25, 0.3) is 0 Å². The van der Waals surface area contributed by atoms with E-state index >= 15 is 0 Å². The second-order valence-electron chi connectivity index (χ2n) is 8.77. The van der Waals surface area contributed by atoms with Gasteiger partial charge in [0, 0.05) is 31.0 Å². The van der Waals surface area contributed by atoms with E-state index in [-0.39, 0.29) is 23.7 Å². The Labute approximate surface area is 173 Å². The van der Waals surface area contributed by atoms with Crippen molar-refractivity contribution in [3.63, 3.8) is 0 Å². The lowest BCUT2D eigenvalue weighted by molar-refractivity contribution is -0.137. The van der Waals surface area contributed by atoms with Gasteiger partial charge in [-0.15, -0.1) is 0 Å². The summed E-state index contributed by atoms with van der Waals surface area (Å²) in [6.45, 7) is 6.38. The maximum absolute atomic E-state index is 13.5. The number of carbonyl (C=O) groups excluding carboxylic acids is 1. The van der Waals surface area contributed by atoms with Crippen LogP contribution in [0.2, 0.25) is 0 Å². The van der Waals surface area contributed by atoms with Crippen LogP contribution >= 0.6 is 0 Å². The van der Waals surface area contributed by atoms with E-state index in [0.717, 1.165) is 11.6 Å². The van der Waals surface area contributed by atoms with Crippen molar-refractivity contribution in [2.45, 2.75) is 51.0 Å². The molecule has 0 aliphatic carbocycles. The van der Waals surface area contributed by atoms with Crippen LogP contribution in [0.25, 0.3) is 11.1 Å². The molecule has 2 atom stereocenters. The number of hydrogen-bond donors (Lipinski definition) is 0. The molecular formula is C23H24F3NO3. The fourth-order valence-electron chi connectivity index (χ4n) is 4.12. The molecule has 2 heterocycles. The highest BCUT2D eigenvalue weighted by Crippen LogP contribution is 2.45. The number of benzene rings is 2. The molecular weight excluding hydrogens is 395 g/mol. The smallest absolute Gasteiger partial charge is 0.417 e. The van der Waals surface area contributed by atoms with E-state index in [4.69, 9.17) is 9.47 Å². The first-order valence-electron chi connectivity index (χ1n) is 9.98. The van der Waals surface area contributed by atoms with Gasteiger partial charge >= 0.3 is 12.3 Å². The number of halogens is 3. The summed E-state index contributed by atoms with van der Waals surface area (Å²) in [7, 11) is 0. The number of ether oxygens (including phenoxy) is 2. The van der Waals surface area contributed by atoms with Crippen LogP contribution in [0.3, 0.4) is 0 Å². The molecule has 2 unspecified atom stereocenters. The van der Waals surface area contributed by atoms with Gasteiger partial charge in [0.15, 0.2) is 0 Å². The van der Waals surface area contributed by atoms with E-state index < -0.39 is 17.3 Å². The average Bonchev–Trinajstić information content (AvgIpc) is 3.03. The third-order valence-electron chi connectivity index (χ3n) is 5.43. The SMILES string of the molecule is CC(C)(C)OC(=O)N1CCC2Oc3ccc(-c4ccccc4C(F)(F)F)cc3C2C1. The Balaban J connectivity index is 1.64. The zero-order chi connectivity index (χ0) is 21.7. The number of carbonyl (C=O) groups is 1. The molecule has 0 spiro atoms. The molecule has 2 aromatic rings. The first-order valence-corrected chi connectivity index (χ1v) is 9.98. The lowest BCUT2D eigenvalue weighted by Gasteiger charge is -2.35. The van der Waals surface area contributed by atoms with Crippen LogP contribution < -0.4 is 4.74 Å². The summed E-state index contributed by atoms with van der Waals surface area (Å²) in [5, 5.41) is 0. The standard InChI is InChI=1S/C23H24F3NO3/c1-22(2,3)30-21(28)27-11-10-20-17(13-27)16-12-14(8-9-19(16)29-20)15-6-4-5-7-18(15)23(24,25)26/h4-9,12,17,20H,10-11,13H2,1-3H3. The molecule has 0 bridgehead atoms. The lowest BCUT2D eigenvalue weighted by Crippen LogP contribution is -2.46. The Kier molecular flexibility index (Phi) is 4.95. The number of nitrogens with zero attached hydrogens (tertiary/aromatic N) is 1. The first-order chi connectivity index (χ1) is 14.0. The third-order valence-corrected chi connectivity index (χ3v) is 5.43. The number of likely N-dealkylation sites (tertiary alicyclic amines) is 1. The van der Waals surface area contributed by atoms with E-state index in [2.05, 4.69) is 0 Å². The molecule has 0 radical (unpaired) electrons. The summed E-state index contributed by atoms with van der Waals surface area (Å²) in [5.41, 5.74) is 0.200. The Morgan fingerprint density at radius 2 is 1.87 bits per heavy atom. The van der Waals surface area contributed by atoms with Crippen molar-refractivity contribution in [3.8, 4) is 16.9 Å². The highest BCUT2D eigenvalue weighted by atomic mass is 19.4. The Bertz CT molecular complexity index is 965. The van der Waals surface area contributed by atoms with Gasteiger partial charge < -0.3 is 14.4 Å². The fraction of sp³-hybridized carbons (Fsp3) is 0.435. The Hall–Kier alpha value is -2.70. The number of hydrogen-bond acceptors (Lipinski definition) is 3. The molecule has 1 amide bonds. The molecule has 0 aromatic heterocycles. The summed E-state index contributed by atoms with van der Waals surface area (Å²) in [6.07, 6.45) is -4.26. The highest BCUT2D eigenvalue weighted by Gasteiger charge is 2.41. The molecule has 1 fully saturated rings. The van der Waals surface area contributed by atoms with Crippen LogP contribution in [0.4, 0.5) is 18.0 Å². The number of alkyl halides is 3. The number of rotatable bonds is 1. The minimum Gasteiger partial charge on any atom is -0.489 e. The molecule has 2 aromatic carbocycles. The minimum atomic E-state index is -4.44. The maximum Gasteiger partial charge on any atom is 0.417 e. The molecule has 0 saturated carbocycles. The fourth-order valence-corrected chi connectivity index (χ4v) is 4.12. The largest absolute Gasteiger partial charge is 0.489 e. The molecule has 4 nitrogen and oxygen atoms in total. The quantitative estimate of drug-likeness (QED) is 0.581. The van der Waals surface area contributed by atoms with Crippen molar-refractivity contribution in [1.29, 1.82) is 0 Å². The monoisotopic (exact) mass is 419 g/mol. The van der Waals surface area contributed by atoms with Crippen molar-refractivity contribution >= 4 is 6.09 Å². The van der Waals surface area contributed by atoms with Crippen LogP contribution in [0.15, 0.2) is 42.5 Å². The molecule has 160 valence electrons. The van der Waals surface area contributed by atoms with Crippen LogP contribution in [0, 0.1) is 0 Å². The summed E-state index contributed by atoms with van der Waals surface area (Å²) >= 11 is 0. The third kappa shape index (κ3) is 3.98. The Morgan fingerprint density at radius 3 is 2.57 bits per heavy atom. The average molecular weight is 419 g/mol. The van der Waals surface area contributed by atoms with Crippen LogP contribution in [-0.2, 0) is 10.9 Å². The summed E-state index contributed by atoms with van der Waals surface area (Å²) < 4.78 is 51.9. The van der Waals surface area contributed by atoms with Gasteiger partial charge in [0.2, 0.25) is 0 Å². The van der Waals surface area contributed by atoms with Crippen molar-refractivity contribution in [2.75, 3.05) is 13.1 Å². The van der Waals surface area contributed by atoms with Gasteiger partial charge in [-0.1, -0.05) is 24.3 Å². The number of piperidine rings is 1. The summed E-state index contributed by atoms with van der Waals surface area (Å²) in [4.78, 5) is 14.1. The van der Waals surface area contributed by atoms with Crippen LogP contribution in [0.1, 0.15) is 44.2 Å². The normalized spacial score (nSPS) is 20.9. The van der Waals surface area contributed by atoms with Gasteiger partial charge in [0.1, 0.15) is 17.5 Å². The predicted octanol–water partition coefficient (Wildman–Crippen LogP) is 5.86. The second-order valence-corrected chi connectivity index (χ2v) is 8.77. The molecule has 1 saturated heterocycles. The second kappa shape index (κ2) is 7.22. The molecule has 2 aliphatic heterocycles. The predicted molar refractivity (Wildman–Crippen MR) is 106 cm³/mol. The minimum absolute atomic E-state index is 0.0909. The van der Waals surface area contributed by atoms with Crippen LogP contribution in [0.5, 0.6) is 5.75 Å². The van der Waals surface area contributed by atoms with Crippen LogP contribution in [-0.4, -0.2) is 35.8 Å². The molecule has 7 heteroatoms. The molecule has 2 aliphatic rings. The van der Waals surface area contributed by atoms with Gasteiger partial charge in [-0.3, -0.25) is 0 Å². The molecule has 0 N–H and O–H groups in total. The van der Waals surface area contributed by atoms with Crippen molar-refractivity contribution < 1.29 is 27.4 Å². The van der Waals surface area contributed by atoms with Gasteiger partial charge in [-0.25, -0.2) is 4.79 Å². The number of amides is 1. The van der Waals surface area contributed by atoms with Gasteiger partial charge in [0.05, 0.1) is 5.56 Å². The zero-order valence-corrected chi connectivity index (χ0v) is 17.1. The molecule has 30 heavy (non-hydrogen) atoms. The highest BCUT2D eigenvalue weighted by molar-refractivity contribution is 5.71. The van der Waals surface area contributed by atoms with E-state index in [1.807, 2.05) is 20.8 Å². The van der Waals surface area contributed by atoms with Crippen molar-refractivity contribution in [3.05, 3.63) is 53.6 Å². The Morgan fingerprint density at radius 1 is 1.13 bits per heavy atom. The lowest BCUT2D eigenvalue weighted by atomic mass is 9.88. The van der Waals surface area contributed by atoms with E-state index in [1.54, 1.807) is 29.2 Å². The summed E-state index contributed by atoms with van der Waals surface area (Å²) in [5.74, 6) is 0.573. The van der Waals surface area contributed by atoms with E-state index in [0.29, 0.717) is 30.8 Å². The van der Waals surface area contributed by atoms with E-state index in [1.165, 1.54) is 12.1 Å². The van der Waals surface area contributed by atoms with Crippen molar-refractivity contribution in [2.24, 2.45) is 0 Å². The first kappa shape index (κ1) is 20.6. The molecule has 4 rings (SSSR count). The van der Waals surface area contributed by atoms with Gasteiger partial charge in [-0.2, -0.15) is 13.2 Å². The van der Waals surface area contributed by atoms with E-state index in [9.17, 15) is 18.0 Å².